The van der Waals surface area contributed by atoms with E-state index < -0.39 is 0 Å². The van der Waals surface area contributed by atoms with Crippen molar-refractivity contribution < 1.29 is 9.13 Å². The molecule has 130 valence electrons. The van der Waals surface area contributed by atoms with Crippen molar-refractivity contribution >= 4 is 23.1 Å². The third-order valence-electron chi connectivity index (χ3n) is 4.13. The summed E-state index contributed by atoms with van der Waals surface area (Å²) in [7, 11) is 0. The molecule has 1 fully saturated rings. The first-order valence-corrected chi connectivity index (χ1v) is 10.1. The van der Waals surface area contributed by atoms with Gasteiger partial charge in [0.2, 0.25) is 0 Å². The third-order valence-corrected chi connectivity index (χ3v) is 6.03. The number of nitrogens with zero attached hydrogens (tertiary/aromatic N) is 3. The summed E-state index contributed by atoms with van der Waals surface area (Å²) in [4.78, 5) is 1.10. The fourth-order valence-corrected chi connectivity index (χ4v) is 4.52. The van der Waals surface area contributed by atoms with E-state index in [0.717, 1.165) is 47.4 Å². The highest BCUT2D eigenvalue weighted by atomic mass is 32.2. The number of rotatable bonds is 6. The van der Waals surface area contributed by atoms with E-state index in [1.54, 1.807) is 35.2 Å². The summed E-state index contributed by atoms with van der Waals surface area (Å²) in [5.74, 6) is 1.33. The Morgan fingerprint density at radius 1 is 1.28 bits per heavy atom. The molecule has 0 bridgehead atoms. The molecule has 1 aliphatic rings. The number of hydrogen-bond acceptors (Lipinski definition) is 5. The topological polar surface area (TPSA) is 39.9 Å². The lowest BCUT2D eigenvalue weighted by Gasteiger charge is -2.14. The Kier molecular flexibility index (Phi) is 5.14. The van der Waals surface area contributed by atoms with E-state index in [2.05, 4.69) is 20.8 Å². The van der Waals surface area contributed by atoms with Crippen molar-refractivity contribution in [3.63, 3.8) is 0 Å². The van der Waals surface area contributed by atoms with Gasteiger partial charge in [0, 0.05) is 12.4 Å². The Labute approximate surface area is 154 Å². The van der Waals surface area contributed by atoms with Gasteiger partial charge in [-0.3, -0.25) is 4.57 Å². The van der Waals surface area contributed by atoms with E-state index in [4.69, 9.17) is 4.74 Å². The van der Waals surface area contributed by atoms with Crippen molar-refractivity contribution in [1.29, 1.82) is 0 Å². The Balaban J connectivity index is 1.57. The second-order valence-corrected chi connectivity index (χ2v) is 7.84. The van der Waals surface area contributed by atoms with Gasteiger partial charge in [0.05, 0.1) is 17.5 Å². The van der Waals surface area contributed by atoms with Crippen LogP contribution in [0.2, 0.25) is 0 Å². The minimum atomic E-state index is -0.210. The molecule has 1 aromatic carbocycles. The molecule has 0 saturated carbocycles. The number of hydrogen-bond donors (Lipinski definition) is 0. The molecule has 4 nitrogen and oxygen atoms in total. The normalized spacial score (nSPS) is 17.2. The minimum absolute atomic E-state index is 0.210. The number of thiophene rings is 1. The van der Waals surface area contributed by atoms with Gasteiger partial charge in [0.25, 0.3) is 0 Å². The van der Waals surface area contributed by atoms with E-state index in [1.807, 2.05) is 17.5 Å². The fraction of sp³-hybridized carbons (Fsp3) is 0.333. The molecule has 1 aliphatic heterocycles. The summed E-state index contributed by atoms with van der Waals surface area (Å²) in [5.41, 5.74) is 0.939. The largest absolute Gasteiger partial charge is 0.376 e. The predicted molar refractivity (Wildman–Crippen MR) is 98.3 cm³/mol. The molecular weight excluding hydrogens is 357 g/mol. The van der Waals surface area contributed by atoms with E-state index in [-0.39, 0.29) is 11.9 Å². The van der Waals surface area contributed by atoms with E-state index >= 15 is 0 Å². The number of benzene rings is 1. The highest BCUT2D eigenvalue weighted by Gasteiger charge is 2.22. The first kappa shape index (κ1) is 16.8. The van der Waals surface area contributed by atoms with Crippen LogP contribution in [-0.2, 0) is 17.0 Å². The molecule has 4 rings (SSSR count). The Morgan fingerprint density at radius 2 is 2.24 bits per heavy atom. The lowest BCUT2D eigenvalue weighted by Crippen LogP contribution is -2.16. The van der Waals surface area contributed by atoms with E-state index in [9.17, 15) is 4.39 Å². The third kappa shape index (κ3) is 3.94. The molecule has 0 amide bonds. The molecule has 0 N–H and O–H groups in total. The van der Waals surface area contributed by atoms with Crippen LogP contribution in [0.5, 0.6) is 0 Å². The average molecular weight is 375 g/mol. The number of thioether (sulfide) groups is 1. The fourth-order valence-electron chi connectivity index (χ4n) is 2.91. The zero-order valence-electron chi connectivity index (χ0n) is 13.6. The van der Waals surface area contributed by atoms with Crippen molar-refractivity contribution in [2.45, 2.75) is 36.4 Å². The zero-order chi connectivity index (χ0) is 17.1. The van der Waals surface area contributed by atoms with Gasteiger partial charge in [-0.2, -0.15) is 0 Å². The first-order valence-electron chi connectivity index (χ1n) is 8.25. The minimum Gasteiger partial charge on any atom is -0.376 e. The lowest BCUT2D eigenvalue weighted by molar-refractivity contribution is 0.0953. The maximum atomic E-state index is 13.4. The second-order valence-electron chi connectivity index (χ2n) is 5.95. The standard InChI is InChI=1S/C18H18FN3OS2/c19-14-5-1-4-13(10-14)12-25-18-21-20-17(16-7-3-9-24-16)22(18)11-15-6-2-8-23-15/h1,3-5,7,9-10,15H,2,6,8,11-12H2/t15-/m1/s1. The molecule has 0 unspecified atom stereocenters. The van der Waals surface area contributed by atoms with Crippen molar-refractivity contribution in [3.05, 3.63) is 53.2 Å². The molecule has 2 aromatic heterocycles. The van der Waals surface area contributed by atoms with Crippen LogP contribution in [0.4, 0.5) is 4.39 Å². The zero-order valence-corrected chi connectivity index (χ0v) is 15.2. The molecule has 0 radical (unpaired) electrons. The van der Waals surface area contributed by atoms with E-state index in [0.29, 0.717) is 5.75 Å². The maximum Gasteiger partial charge on any atom is 0.191 e. The van der Waals surface area contributed by atoms with Crippen LogP contribution < -0.4 is 0 Å². The highest BCUT2D eigenvalue weighted by Crippen LogP contribution is 2.30. The summed E-state index contributed by atoms with van der Waals surface area (Å²) in [6.07, 6.45) is 2.38. The maximum absolute atomic E-state index is 13.4. The molecule has 0 spiro atoms. The summed E-state index contributed by atoms with van der Waals surface area (Å²) in [5, 5.41) is 11.7. The first-order chi connectivity index (χ1) is 12.3. The molecule has 1 atom stereocenters. The molecule has 1 saturated heterocycles. The summed E-state index contributed by atoms with van der Waals surface area (Å²) < 4.78 is 21.3. The smallest absolute Gasteiger partial charge is 0.191 e. The van der Waals surface area contributed by atoms with Crippen LogP contribution in [0.1, 0.15) is 18.4 Å². The van der Waals surface area contributed by atoms with Crippen molar-refractivity contribution in [2.75, 3.05) is 6.61 Å². The summed E-state index contributed by atoms with van der Waals surface area (Å²) in [6, 6.07) is 10.8. The van der Waals surface area contributed by atoms with Crippen LogP contribution in [-0.4, -0.2) is 27.5 Å². The summed E-state index contributed by atoms with van der Waals surface area (Å²) >= 11 is 3.24. The monoisotopic (exact) mass is 375 g/mol. The molecular formula is C18H18FN3OS2. The summed E-state index contributed by atoms with van der Waals surface area (Å²) in [6.45, 7) is 1.58. The second kappa shape index (κ2) is 7.68. The van der Waals surface area contributed by atoms with Crippen molar-refractivity contribution in [1.82, 2.24) is 14.8 Å². The number of ether oxygens (including phenoxy) is 1. The van der Waals surface area contributed by atoms with Crippen LogP contribution in [0.25, 0.3) is 10.7 Å². The van der Waals surface area contributed by atoms with Gasteiger partial charge in [-0.25, -0.2) is 4.39 Å². The van der Waals surface area contributed by atoms with Gasteiger partial charge < -0.3 is 4.74 Å². The SMILES string of the molecule is Fc1cccc(CSc2nnc(-c3cccs3)n2C[C@H]2CCCO2)c1. The molecule has 7 heteroatoms. The molecule has 25 heavy (non-hydrogen) atoms. The van der Waals surface area contributed by atoms with Gasteiger partial charge in [-0.1, -0.05) is 30.0 Å². The van der Waals surface area contributed by atoms with Crippen LogP contribution in [0.15, 0.2) is 46.9 Å². The number of aromatic nitrogens is 3. The van der Waals surface area contributed by atoms with E-state index in [1.165, 1.54) is 6.07 Å². The van der Waals surface area contributed by atoms with Gasteiger partial charge in [-0.05, 0) is 42.0 Å². The molecule has 3 heterocycles. The van der Waals surface area contributed by atoms with Crippen LogP contribution in [0.3, 0.4) is 0 Å². The average Bonchev–Trinajstić information content (AvgIpc) is 3.36. The Morgan fingerprint density at radius 3 is 3.00 bits per heavy atom. The van der Waals surface area contributed by atoms with Crippen molar-refractivity contribution in [2.24, 2.45) is 0 Å². The predicted octanol–water partition coefficient (Wildman–Crippen LogP) is 4.62. The Hall–Kier alpha value is -1.70. The number of halogens is 1. The quantitative estimate of drug-likeness (QED) is 0.590. The van der Waals surface area contributed by atoms with Crippen molar-refractivity contribution in [3.8, 4) is 10.7 Å². The highest BCUT2D eigenvalue weighted by molar-refractivity contribution is 7.98. The Bertz CT molecular complexity index is 829. The van der Waals surface area contributed by atoms with Gasteiger partial charge in [0.1, 0.15) is 5.82 Å². The molecule has 0 aliphatic carbocycles. The van der Waals surface area contributed by atoms with Crippen LogP contribution >= 0.6 is 23.1 Å². The van der Waals surface area contributed by atoms with Gasteiger partial charge in [0.15, 0.2) is 11.0 Å². The van der Waals surface area contributed by atoms with Gasteiger partial charge >= 0.3 is 0 Å². The molecule has 3 aromatic rings. The lowest BCUT2D eigenvalue weighted by atomic mass is 10.2. The van der Waals surface area contributed by atoms with Gasteiger partial charge in [-0.15, -0.1) is 21.5 Å². The van der Waals surface area contributed by atoms with Crippen LogP contribution in [0, 0.1) is 5.82 Å².